The van der Waals surface area contributed by atoms with E-state index in [1.807, 2.05) is 42.5 Å². The van der Waals surface area contributed by atoms with Crippen LogP contribution in [0.1, 0.15) is 0 Å². The number of anilines is 1. The zero-order chi connectivity index (χ0) is 17.9. The van der Waals surface area contributed by atoms with Gasteiger partial charge in [-0.15, -0.1) is 5.10 Å². The van der Waals surface area contributed by atoms with Crippen molar-refractivity contribution >= 4 is 22.5 Å². The van der Waals surface area contributed by atoms with Crippen LogP contribution in [0.4, 0.5) is 5.69 Å². The summed E-state index contributed by atoms with van der Waals surface area (Å²) in [6.45, 7) is -0.252. The number of carbonyl (C=O) groups excluding carboxylic acids is 1. The predicted molar refractivity (Wildman–Crippen MR) is 96.6 cm³/mol. The van der Waals surface area contributed by atoms with Crippen molar-refractivity contribution in [2.45, 2.75) is 6.54 Å². The molecule has 4 rings (SSSR count). The molecule has 1 N–H and O–H groups in total. The monoisotopic (exact) mass is 346 g/mol. The van der Waals surface area contributed by atoms with E-state index in [-0.39, 0.29) is 12.4 Å². The zero-order valence-corrected chi connectivity index (χ0v) is 13.6. The Morgan fingerprint density at radius 2 is 1.85 bits per heavy atom. The summed E-state index contributed by atoms with van der Waals surface area (Å²) in [5.41, 5.74) is 1.93. The summed E-state index contributed by atoms with van der Waals surface area (Å²) in [7, 11) is 0. The molecule has 0 fully saturated rings. The first-order valence-corrected chi connectivity index (χ1v) is 7.98. The molecule has 0 atom stereocenters. The van der Waals surface area contributed by atoms with Gasteiger partial charge in [-0.25, -0.2) is 4.79 Å². The van der Waals surface area contributed by atoms with Gasteiger partial charge in [0.2, 0.25) is 11.8 Å². The van der Waals surface area contributed by atoms with Crippen molar-refractivity contribution in [3.63, 3.8) is 0 Å². The van der Waals surface area contributed by atoms with E-state index in [1.165, 1.54) is 0 Å². The minimum Gasteiger partial charge on any atom is -0.388 e. The van der Waals surface area contributed by atoms with Crippen molar-refractivity contribution in [2.24, 2.45) is 0 Å². The first kappa shape index (κ1) is 15.8. The lowest BCUT2D eigenvalue weighted by Gasteiger charge is -2.07. The molecule has 0 aliphatic rings. The van der Waals surface area contributed by atoms with Crippen LogP contribution < -0.4 is 11.1 Å². The summed E-state index contributed by atoms with van der Waals surface area (Å²) < 4.78 is 6.12. The Balaban J connectivity index is 1.55. The SMILES string of the molecule is O=C(Cn1nc(-c2ccccc2)oc1=O)Nc1cccc2cccnc12. The van der Waals surface area contributed by atoms with E-state index in [2.05, 4.69) is 15.4 Å². The Bertz CT molecular complexity index is 1130. The van der Waals surface area contributed by atoms with E-state index < -0.39 is 11.7 Å². The maximum absolute atomic E-state index is 12.3. The Kier molecular flexibility index (Phi) is 4.03. The standard InChI is InChI=1S/C19H14N4O3/c24-16(21-15-10-4-8-13-9-5-11-20-17(13)15)12-23-19(25)26-18(22-23)14-6-2-1-3-7-14/h1-11H,12H2,(H,21,24). The number of hydrogen-bond donors (Lipinski definition) is 1. The van der Waals surface area contributed by atoms with Crippen molar-refractivity contribution in [1.29, 1.82) is 0 Å². The Labute approximate surface area is 147 Å². The number of aromatic nitrogens is 3. The molecule has 2 heterocycles. The molecule has 0 unspecified atom stereocenters. The predicted octanol–water partition coefficient (Wildman–Crippen LogP) is 2.69. The number of para-hydroxylation sites is 1. The summed E-state index contributed by atoms with van der Waals surface area (Å²) in [6, 6.07) is 18.3. The van der Waals surface area contributed by atoms with E-state index in [4.69, 9.17) is 4.42 Å². The number of rotatable bonds is 4. The van der Waals surface area contributed by atoms with E-state index in [0.29, 0.717) is 16.8 Å². The lowest BCUT2D eigenvalue weighted by Crippen LogP contribution is -2.26. The van der Waals surface area contributed by atoms with Crippen LogP contribution in [0.25, 0.3) is 22.4 Å². The smallest absolute Gasteiger partial charge is 0.388 e. The van der Waals surface area contributed by atoms with Gasteiger partial charge in [0, 0.05) is 17.1 Å². The molecule has 1 amide bonds. The van der Waals surface area contributed by atoms with Crippen LogP contribution in [-0.2, 0) is 11.3 Å². The molecular weight excluding hydrogens is 332 g/mol. The van der Waals surface area contributed by atoms with Crippen LogP contribution in [0.3, 0.4) is 0 Å². The van der Waals surface area contributed by atoms with Gasteiger partial charge >= 0.3 is 5.76 Å². The summed E-state index contributed by atoms with van der Waals surface area (Å²) in [5, 5.41) is 7.76. The molecule has 26 heavy (non-hydrogen) atoms. The second-order valence-electron chi connectivity index (χ2n) is 5.63. The van der Waals surface area contributed by atoms with E-state index in [0.717, 1.165) is 10.1 Å². The normalized spacial score (nSPS) is 10.8. The van der Waals surface area contributed by atoms with Gasteiger partial charge in [-0.2, -0.15) is 4.68 Å². The first-order chi connectivity index (χ1) is 12.7. The molecule has 0 aliphatic carbocycles. The number of carbonyl (C=O) groups is 1. The average molecular weight is 346 g/mol. The van der Waals surface area contributed by atoms with E-state index in [9.17, 15) is 9.59 Å². The van der Waals surface area contributed by atoms with Crippen LogP contribution in [0.2, 0.25) is 0 Å². The van der Waals surface area contributed by atoms with Gasteiger partial charge in [-0.1, -0.05) is 36.4 Å². The number of benzene rings is 2. The highest BCUT2D eigenvalue weighted by Gasteiger charge is 2.14. The van der Waals surface area contributed by atoms with Crippen molar-refractivity contribution < 1.29 is 9.21 Å². The first-order valence-electron chi connectivity index (χ1n) is 7.98. The number of nitrogens with zero attached hydrogens (tertiary/aromatic N) is 3. The summed E-state index contributed by atoms with van der Waals surface area (Å²) in [6.07, 6.45) is 1.66. The number of amides is 1. The maximum Gasteiger partial charge on any atom is 0.437 e. The van der Waals surface area contributed by atoms with Crippen molar-refractivity contribution in [2.75, 3.05) is 5.32 Å². The van der Waals surface area contributed by atoms with Crippen LogP contribution in [-0.4, -0.2) is 20.7 Å². The Hall–Kier alpha value is -3.74. The quantitative estimate of drug-likeness (QED) is 0.613. The van der Waals surface area contributed by atoms with Crippen LogP contribution in [0.15, 0.2) is 76.1 Å². The molecule has 128 valence electrons. The van der Waals surface area contributed by atoms with Crippen LogP contribution >= 0.6 is 0 Å². The molecule has 0 saturated heterocycles. The topological polar surface area (TPSA) is 90.0 Å². The van der Waals surface area contributed by atoms with Crippen molar-refractivity contribution in [1.82, 2.24) is 14.8 Å². The van der Waals surface area contributed by atoms with Gasteiger partial charge in [0.1, 0.15) is 6.54 Å². The van der Waals surface area contributed by atoms with E-state index in [1.54, 1.807) is 24.4 Å². The molecule has 7 nitrogen and oxygen atoms in total. The Morgan fingerprint density at radius 3 is 2.69 bits per heavy atom. The molecule has 7 heteroatoms. The molecule has 0 saturated carbocycles. The second kappa shape index (κ2) is 6.64. The largest absolute Gasteiger partial charge is 0.437 e. The molecule has 0 radical (unpaired) electrons. The fourth-order valence-corrected chi connectivity index (χ4v) is 2.63. The summed E-state index contributed by atoms with van der Waals surface area (Å²) in [4.78, 5) is 28.6. The third-order valence-corrected chi connectivity index (χ3v) is 3.83. The molecule has 0 aliphatic heterocycles. The fraction of sp³-hybridized carbons (Fsp3) is 0.0526. The lowest BCUT2D eigenvalue weighted by atomic mass is 10.2. The summed E-state index contributed by atoms with van der Waals surface area (Å²) in [5.74, 6) is -0.900. The van der Waals surface area contributed by atoms with Crippen LogP contribution in [0, 0.1) is 0 Å². The van der Waals surface area contributed by atoms with Gasteiger partial charge in [-0.05, 0) is 24.3 Å². The third-order valence-electron chi connectivity index (χ3n) is 3.83. The number of pyridine rings is 1. The highest BCUT2D eigenvalue weighted by molar-refractivity contribution is 6.00. The summed E-state index contributed by atoms with van der Waals surface area (Å²) >= 11 is 0. The number of nitrogens with one attached hydrogen (secondary N) is 1. The number of fused-ring (bicyclic) bond motifs is 1. The van der Waals surface area contributed by atoms with Crippen molar-refractivity contribution in [3.05, 3.63) is 77.4 Å². The molecule has 2 aromatic carbocycles. The van der Waals surface area contributed by atoms with Gasteiger partial charge < -0.3 is 9.73 Å². The second-order valence-corrected chi connectivity index (χ2v) is 5.63. The third kappa shape index (κ3) is 3.10. The van der Waals surface area contributed by atoms with Gasteiger partial charge in [0.15, 0.2) is 0 Å². The minimum atomic E-state index is -0.685. The highest BCUT2D eigenvalue weighted by atomic mass is 16.4. The van der Waals surface area contributed by atoms with E-state index >= 15 is 0 Å². The molecule has 0 spiro atoms. The molecule has 2 aromatic heterocycles. The number of hydrogen-bond acceptors (Lipinski definition) is 5. The van der Waals surface area contributed by atoms with Gasteiger partial charge in [-0.3, -0.25) is 9.78 Å². The van der Waals surface area contributed by atoms with Crippen molar-refractivity contribution in [3.8, 4) is 11.5 Å². The Morgan fingerprint density at radius 1 is 1.04 bits per heavy atom. The molecular formula is C19H14N4O3. The zero-order valence-electron chi connectivity index (χ0n) is 13.6. The maximum atomic E-state index is 12.3. The van der Waals surface area contributed by atoms with Crippen LogP contribution in [0.5, 0.6) is 0 Å². The van der Waals surface area contributed by atoms with Gasteiger partial charge in [0.05, 0.1) is 11.2 Å². The minimum absolute atomic E-state index is 0.176. The fourth-order valence-electron chi connectivity index (χ4n) is 2.63. The molecule has 0 bridgehead atoms. The molecule has 4 aromatic rings. The lowest BCUT2D eigenvalue weighted by molar-refractivity contribution is -0.117. The highest BCUT2D eigenvalue weighted by Crippen LogP contribution is 2.20. The van der Waals surface area contributed by atoms with Gasteiger partial charge in [0.25, 0.3) is 0 Å². The average Bonchev–Trinajstić information content (AvgIpc) is 3.03.